The number of carbonyl (C=O) groups is 1. The normalized spacial score (nSPS) is 11.1. The molecular weight excluding hydrogens is 466 g/mol. The topological polar surface area (TPSA) is 130 Å². The number of nitriles is 1. The van der Waals surface area contributed by atoms with E-state index in [1.807, 2.05) is 49.4 Å². The van der Waals surface area contributed by atoms with Crippen molar-refractivity contribution in [1.29, 1.82) is 5.26 Å². The van der Waals surface area contributed by atoms with Gasteiger partial charge in [-0.25, -0.2) is 4.98 Å². The predicted molar refractivity (Wildman–Crippen MR) is 135 cm³/mol. The van der Waals surface area contributed by atoms with Crippen LogP contribution in [0.4, 0.5) is 17.1 Å². The third kappa shape index (κ3) is 5.26. The summed E-state index contributed by atoms with van der Waals surface area (Å²) in [4.78, 5) is 27.6. The van der Waals surface area contributed by atoms with Gasteiger partial charge in [0.05, 0.1) is 34.0 Å². The van der Waals surface area contributed by atoms with Crippen molar-refractivity contribution in [1.82, 2.24) is 4.98 Å². The summed E-state index contributed by atoms with van der Waals surface area (Å²) in [6, 6.07) is 19.2. The lowest BCUT2D eigenvalue weighted by Gasteiger charge is -2.09. The van der Waals surface area contributed by atoms with Gasteiger partial charge < -0.3 is 15.4 Å². The number of nitrogens with zero attached hydrogens (tertiary/aromatic N) is 3. The zero-order valence-corrected chi connectivity index (χ0v) is 19.6. The van der Waals surface area contributed by atoms with Crippen LogP contribution in [0.15, 0.2) is 72.4 Å². The summed E-state index contributed by atoms with van der Waals surface area (Å²) in [6.45, 7) is 2.05. The van der Waals surface area contributed by atoms with Gasteiger partial charge in [-0.2, -0.15) is 5.26 Å². The Morgan fingerprint density at radius 3 is 2.63 bits per heavy atom. The van der Waals surface area contributed by atoms with Crippen molar-refractivity contribution in [2.45, 2.75) is 6.92 Å². The summed E-state index contributed by atoms with van der Waals surface area (Å²) in [5.41, 5.74) is 3.62. The Morgan fingerprint density at radius 1 is 1.17 bits per heavy atom. The number of nitro groups is 1. The molecule has 4 aromatic rings. The fraction of sp³-hybridized carbons (Fsp3) is 0.0800. The van der Waals surface area contributed by atoms with Gasteiger partial charge in [-0.3, -0.25) is 14.9 Å². The van der Waals surface area contributed by atoms with E-state index in [1.165, 1.54) is 37.1 Å². The zero-order chi connectivity index (χ0) is 24.9. The van der Waals surface area contributed by atoms with E-state index in [0.717, 1.165) is 20.8 Å². The van der Waals surface area contributed by atoms with Crippen LogP contribution in [-0.2, 0) is 4.79 Å². The van der Waals surface area contributed by atoms with E-state index in [9.17, 15) is 20.2 Å². The minimum absolute atomic E-state index is 0.110. The van der Waals surface area contributed by atoms with Crippen molar-refractivity contribution in [3.8, 4) is 22.4 Å². The lowest BCUT2D eigenvalue weighted by Crippen LogP contribution is -2.15. The Kier molecular flexibility index (Phi) is 6.71. The first-order valence-corrected chi connectivity index (χ1v) is 11.2. The largest absolute Gasteiger partial charge is 0.494 e. The lowest BCUT2D eigenvalue weighted by molar-refractivity contribution is -0.384. The molecule has 0 aliphatic rings. The van der Waals surface area contributed by atoms with Gasteiger partial charge in [-0.1, -0.05) is 6.07 Å². The van der Waals surface area contributed by atoms with E-state index in [1.54, 1.807) is 11.3 Å². The highest BCUT2D eigenvalue weighted by atomic mass is 32.1. The average Bonchev–Trinajstić information content (AvgIpc) is 3.28. The molecule has 1 heterocycles. The van der Waals surface area contributed by atoms with Gasteiger partial charge in [-0.15, -0.1) is 11.3 Å². The Labute approximate surface area is 204 Å². The van der Waals surface area contributed by atoms with E-state index in [2.05, 4.69) is 21.7 Å². The van der Waals surface area contributed by atoms with Crippen molar-refractivity contribution in [3.63, 3.8) is 0 Å². The Bertz CT molecular complexity index is 1500. The number of aryl methyl sites for hydroxylation is 1. The molecule has 0 aliphatic carbocycles. The molecule has 9 nitrogen and oxygen atoms in total. The van der Waals surface area contributed by atoms with E-state index < -0.39 is 10.8 Å². The highest BCUT2D eigenvalue weighted by Gasteiger charge is 2.16. The summed E-state index contributed by atoms with van der Waals surface area (Å²) in [6.07, 6.45) is 1.29. The van der Waals surface area contributed by atoms with Crippen LogP contribution in [0.3, 0.4) is 0 Å². The van der Waals surface area contributed by atoms with E-state index in [0.29, 0.717) is 5.69 Å². The van der Waals surface area contributed by atoms with Crippen LogP contribution in [-0.4, -0.2) is 22.9 Å². The van der Waals surface area contributed by atoms with E-state index in [4.69, 9.17) is 4.74 Å². The summed E-state index contributed by atoms with van der Waals surface area (Å²) in [5, 5.41) is 26.7. The average molecular weight is 486 g/mol. The van der Waals surface area contributed by atoms with Crippen molar-refractivity contribution in [2.75, 3.05) is 17.7 Å². The predicted octanol–water partition coefficient (Wildman–Crippen LogP) is 5.65. The van der Waals surface area contributed by atoms with Gasteiger partial charge in [0, 0.05) is 23.5 Å². The first-order chi connectivity index (χ1) is 16.9. The maximum absolute atomic E-state index is 12.6. The summed E-state index contributed by atoms with van der Waals surface area (Å²) >= 11 is 1.62. The summed E-state index contributed by atoms with van der Waals surface area (Å²) in [7, 11) is 1.33. The molecule has 0 bridgehead atoms. The molecule has 0 unspecified atom stereocenters. The molecule has 174 valence electrons. The fourth-order valence-corrected chi connectivity index (χ4v) is 4.32. The van der Waals surface area contributed by atoms with Gasteiger partial charge in [0.1, 0.15) is 22.4 Å². The van der Waals surface area contributed by atoms with Gasteiger partial charge in [0.2, 0.25) is 0 Å². The van der Waals surface area contributed by atoms with Crippen molar-refractivity contribution in [3.05, 3.63) is 88.1 Å². The van der Waals surface area contributed by atoms with E-state index >= 15 is 0 Å². The SMILES string of the molecule is COc1cc([N+](=O)[O-])ccc1NC(=O)/C(C#N)=C\Nc1ccc(-c2nc3ccc(C)cc3s2)cc1. The number of benzene rings is 3. The maximum Gasteiger partial charge on any atom is 0.273 e. The molecule has 1 amide bonds. The maximum atomic E-state index is 12.6. The third-order valence-electron chi connectivity index (χ3n) is 5.07. The molecule has 0 atom stereocenters. The summed E-state index contributed by atoms with van der Waals surface area (Å²) < 4.78 is 6.24. The van der Waals surface area contributed by atoms with Crippen molar-refractivity contribution < 1.29 is 14.5 Å². The molecule has 0 aliphatic heterocycles. The number of fused-ring (bicyclic) bond motifs is 1. The third-order valence-corrected chi connectivity index (χ3v) is 6.14. The fourth-order valence-electron chi connectivity index (χ4n) is 3.25. The number of carbonyl (C=O) groups excluding carboxylic acids is 1. The number of nitro benzene ring substituents is 1. The number of non-ortho nitro benzene ring substituents is 1. The minimum atomic E-state index is -0.687. The molecule has 2 N–H and O–H groups in total. The second kappa shape index (κ2) is 10.0. The molecule has 1 aromatic heterocycles. The van der Waals surface area contributed by atoms with E-state index in [-0.39, 0.29) is 22.7 Å². The molecule has 0 spiro atoms. The first-order valence-electron chi connectivity index (χ1n) is 10.4. The smallest absolute Gasteiger partial charge is 0.273 e. The molecule has 0 radical (unpaired) electrons. The van der Waals surface area contributed by atoms with Crippen molar-refractivity contribution >= 4 is 44.5 Å². The molecule has 35 heavy (non-hydrogen) atoms. The highest BCUT2D eigenvalue weighted by Crippen LogP contribution is 2.32. The number of methoxy groups -OCH3 is 1. The van der Waals surface area contributed by atoms with Crippen LogP contribution in [0.2, 0.25) is 0 Å². The number of amides is 1. The number of rotatable bonds is 7. The molecule has 0 saturated carbocycles. The Balaban J connectivity index is 1.46. The quantitative estimate of drug-likeness (QED) is 0.150. The van der Waals surface area contributed by atoms with Crippen LogP contribution < -0.4 is 15.4 Å². The van der Waals surface area contributed by atoms with Gasteiger partial charge in [0.25, 0.3) is 11.6 Å². The van der Waals surface area contributed by atoms with Crippen LogP contribution in [0.25, 0.3) is 20.8 Å². The first kappa shape index (κ1) is 23.4. The van der Waals surface area contributed by atoms with Gasteiger partial charge in [0.15, 0.2) is 0 Å². The van der Waals surface area contributed by atoms with Gasteiger partial charge in [-0.05, 0) is 55.0 Å². The molecule has 10 heteroatoms. The number of anilines is 2. The minimum Gasteiger partial charge on any atom is -0.494 e. The Hall–Kier alpha value is -4.75. The van der Waals surface area contributed by atoms with Crippen LogP contribution in [0.5, 0.6) is 5.75 Å². The monoisotopic (exact) mass is 485 g/mol. The second-order valence-corrected chi connectivity index (χ2v) is 8.51. The molecule has 4 rings (SSSR count). The molecular formula is C25H19N5O4S. The van der Waals surface area contributed by atoms with Crippen LogP contribution in [0.1, 0.15) is 5.56 Å². The zero-order valence-electron chi connectivity index (χ0n) is 18.7. The summed E-state index contributed by atoms with van der Waals surface area (Å²) in [5.74, 6) is -0.577. The lowest BCUT2D eigenvalue weighted by atomic mass is 10.2. The number of ether oxygens (including phenoxy) is 1. The number of aromatic nitrogens is 1. The molecule has 0 saturated heterocycles. The number of nitrogens with one attached hydrogen (secondary N) is 2. The molecule has 0 fully saturated rings. The Morgan fingerprint density at radius 2 is 1.94 bits per heavy atom. The molecule has 3 aromatic carbocycles. The standard InChI is InChI=1S/C25H19N5O4S/c1-15-3-9-21-23(11-15)35-25(29-21)16-4-6-18(7-5-16)27-14-17(13-26)24(31)28-20-10-8-19(30(32)33)12-22(20)34-2/h3-12,14,27H,1-2H3,(H,28,31)/b17-14-. The van der Waals surface area contributed by atoms with Crippen molar-refractivity contribution in [2.24, 2.45) is 0 Å². The number of hydrogen-bond donors (Lipinski definition) is 2. The number of thiazole rings is 1. The van der Waals surface area contributed by atoms with Crippen LogP contribution >= 0.6 is 11.3 Å². The number of hydrogen-bond acceptors (Lipinski definition) is 8. The second-order valence-electron chi connectivity index (χ2n) is 7.48. The van der Waals surface area contributed by atoms with Gasteiger partial charge >= 0.3 is 0 Å². The van der Waals surface area contributed by atoms with Crippen LogP contribution in [0, 0.1) is 28.4 Å². The highest BCUT2D eigenvalue weighted by molar-refractivity contribution is 7.21.